The number of amides is 2. The third kappa shape index (κ3) is 5.33. The topological polar surface area (TPSA) is 71.2 Å². The molecular weight excluding hydrogens is 476 g/mol. The van der Waals surface area contributed by atoms with Crippen molar-refractivity contribution in [1.29, 1.82) is 0 Å². The molecule has 0 aliphatic carbocycles. The second-order valence-corrected chi connectivity index (χ2v) is 10.6. The van der Waals surface area contributed by atoms with Crippen LogP contribution in [0.4, 0.5) is 5.69 Å². The first-order valence-electron chi connectivity index (χ1n) is 13.5. The molecule has 8 heteroatoms. The van der Waals surface area contributed by atoms with Crippen LogP contribution in [0.2, 0.25) is 0 Å². The Bertz CT molecular complexity index is 1230. The second kappa shape index (κ2) is 11.0. The van der Waals surface area contributed by atoms with Gasteiger partial charge in [-0.05, 0) is 56.7 Å². The van der Waals surface area contributed by atoms with Crippen LogP contribution in [0.3, 0.4) is 0 Å². The van der Waals surface area contributed by atoms with Gasteiger partial charge in [0.1, 0.15) is 12.0 Å². The van der Waals surface area contributed by atoms with Crippen LogP contribution in [-0.4, -0.2) is 82.9 Å². The highest BCUT2D eigenvalue weighted by molar-refractivity contribution is 5.95. The fraction of sp³-hybridized carbons (Fsp3) is 0.400. The molecule has 3 aliphatic heterocycles. The lowest BCUT2D eigenvalue weighted by atomic mass is 10.0. The monoisotopic (exact) mass is 514 g/mol. The molecule has 2 aromatic carbocycles. The molecule has 8 nitrogen and oxygen atoms in total. The number of piperazine rings is 2. The maximum Gasteiger partial charge on any atom is 0.254 e. The van der Waals surface area contributed by atoms with Gasteiger partial charge in [-0.3, -0.25) is 19.4 Å². The van der Waals surface area contributed by atoms with Crippen molar-refractivity contribution in [3.63, 3.8) is 0 Å². The summed E-state index contributed by atoms with van der Waals surface area (Å²) >= 11 is 0. The predicted molar refractivity (Wildman–Crippen MR) is 150 cm³/mol. The van der Waals surface area contributed by atoms with Gasteiger partial charge in [-0.25, -0.2) is 0 Å². The predicted octanol–water partition coefficient (Wildman–Crippen LogP) is 3.28. The van der Waals surface area contributed by atoms with Crippen LogP contribution in [0.1, 0.15) is 36.7 Å². The summed E-state index contributed by atoms with van der Waals surface area (Å²) in [5, 5.41) is 7.05. The van der Waals surface area contributed by atoms with E-state index in [1.54, 1.807) is 4.90 Å². The molecule has 2 saturated heterocycles. The van der Waals surface area contributed by atoms with Crippen molar-refractivity contribution < 1.29 is 9.59 Å². The molecule has 0 radical (unpaired) electrons. The zero-order valence-electron chi connectivity index (χ0n) is 22.7. The van der Waals surface area contributed by atoms with Crippen molar-refractivity contribution in [3.8, 4) is 0 Å². The molecule has 0 bridgehead atoms. The quantitative estimate of drug-likeness (QED) is 0.617. The highest BCUT2D eigenvalue weighted by Gasteiger charge is 2.41. The highest BCUT2D eigenvalue weighted by atomic mass is 16.2. The Morgan fingerprint density at radius 1 is 1.03 bits per heavy atom. The van der Waals surface area contributed by atoms with Gasteiger partial charge in [-0.1, -0.05) is 36.4 Å². The van der Waals surface area contributed by atoms with Crippen LogP contribution < -0.4 is 10.6 Å². The number of nitrogens with zero attached hydrogens (tertiary/aromatic N) is 4. The summed E-state index contributed by atoms with van der Waals surface area (Å²) in [5.41, 5.74) is 3.60. The van der Waals surface area contributed by atoms with Crippen molar-refractivity contribution in [2.24, 2.45) is 0 Å². The third-order valence-corrected chi connectivity index (χ3v) is 7.83. The van der Waals surface area contributed by atoms with Gasteiger partial charge in [-0.15, -0.1) is 0 Å². The minimum Gasteiger partial charge on any atom is -0.351 e. The number of fused-ring (bicyclic) bond motifs is 1. The zero-order valence-corrected chi connectivity index (χ0v) is 22.7. The normalized spacial score (nSPS) is 22.5. The van der Waals surface area contributed by atoms with Crippen molar-refractivity contribution in [2.75, 3.05) is 38.5 Å². The summed E-state index contributed by atoms with van der Waals surface area (Å²) in [4.78, 5) is 34.5. The first kappa shape index (κ1) is 26.0. The summed E-state index contributed by atoms with van der Waals surface area (Å²) < 4.78 is 0. The number of hydrogen-bond donors (Lipinski definition) is 2. The van der Waals surface area contributed by atoms with Gasteiger partial charge in [0.2, 0.25) is 5.91 Å². The summed E-state index contributed by atoms with van der Waals surface area (Å²) in [6, 6.07) is 18.1. The lowest BCUT2D eigenvalue weighted by Crippen LogP contribution is -2.63. The molecule has 2 aromatic rings. The number of hydrogen-bond acceptors (Lipinski definition) is 6. The minimum absolute atomic E-state index is 0.0695. The molecule has 2 fully saturated rings. The summed E-state index contributed by atoms with van der Waals surface area (Å²) in [6.07, 6.45) is 3.78. The van der Waals surface area contributed by atoms with E-state index in [9.17, 15) is 9.59 Å². The van der Waals surface area contributed by atoms with Crippen molar-refractivity contribution in [3.05, 3.63) is 89.4 Å². The average Bonchev–Trinajstić information content (AvgIpc) is 2.94. The maximum atomic E-state index is 13.2. The Morgan fingerprint density at radius 3 is 2.47 bits per heavy atom. The first-order valence-corrected chi connectivity index (χ1v) is 13.5. The van der Waals surface area contributed by atoms with Gasteiger partial charge in [0.05, 0.1) is 11.7 Å². The molecule has 0 saturated carbocycles. The van der Waals surface area contributed by atoms with E-state index in [0.29, 0.717) is 18.2 Å². The second-order valence-electron chi connectivity index (χ2n) is 10.6. The van der Waals surface area contributed by atoms with Crippen LogP contribution in [-0.2, 0) is 11.3 Å². The van der Waals surface area contributed by atoms with E-state index in [4.69, 9.17) is 0 Å². The Hall–Kier alpha value is -3.62. The van der Waals surface area contributed by atoms with Crippen LogP contribution >= 0.6 is 0 Å². The van der Waals surface area contributed by atoms with Crippen LogP contribution in [0.15, 0.2) is 78.3 Å². The van der Waals surface area contributed by atoms with E-state index >= 15 is 0 Å². The lowest BCUT2D eigenvalue weighted by molar-refractivity contribution is -0.139. The van der Waals surface area contributed by atoms with Gasteiger partial charge < -0.3 is 20.4 Å². The Labute approximate surface area is 225 Å². The SMILES string of the molecule is CC(C)N1CCN(C(=O)c2cccc(NC3=CC=C4C(N3)N(Cc3ccccc3)[C@H](C)C(=O)N4C)c2)CC1. The molecule has 3 heterocycles. The van der Waals surface area contributed by atoms with E-state index in [2.05, 4.69) is 46.4 Å². The zero-order chi connectivity index (χ0) is 26.8. The van der Waals surface area contributed by atoms with Crippen molar-refractivity contribution in [2.45, 2.75) is 45.6 Å². The van der Waals surface area contributed by atoms with Crippen LogP contribution in [0.5, 0.6) is 0 Å². The lowest BCUT2D eigenvalue weighted by Gasteiger charge is -2.47. The molecule has 200 valence electrons. The molecule has 3 aliphatic rings. The number of benzene rings is 2. The number of allylic oxidation sites excluding steroid dienone is 2. The maximum absolute atomic E-state index is 13.2. The van der Waals surface area contributed by atoms with Gasteiger partial charge in [0, 0.05) is 57.1 Å². The smallest absolute Gasteiger partial charge is 0.254 e. The number of nitrogens with one attached hydrogen (secondary N) is 2. The van der Waals surface area contributed by atoms with E-state index in [-0.39, 0.29) is 24.0 Å². The Balaban J connectivity index is 1.30. The van der Waals surface area contributed by atoms with Gasteiger partial charge in [-0.2, -0.15) is 0 Å². The first-order chi connectivity index (χ1) is 18.3. The van der Waals surface area contributed by atoms with E-state index in [1.165, 1.54) is 0 Å². The summed E-state index contributed by atoms with van der Waals surface area (Å²) in [5.74, 6) is 0.970. The fourth-order valence-electron chi connectivity index (χ4n) is 5.46. The largest absolute Gasteiger partial charge is 0.351 e. The Kier molecular flexibility index (Phi) is 7.53. The molecule has 0 spiro atoms. The fourth-order valence-corrected chi connectivity index (χ4v) is 5.46. The van der Waals surface area contributed by atoms with Gasteiger partial charge >= 0.3 is 0 Å². The third-order valence-electron chi connectivity index (χ3n) is 7.83. The van der Waals surface area contributed by atoms with Gasteiger partial charge in [0.25, 0.3) is 5.91 Å². The van der Waals surface area contributed by atoms with Gasteiger partial charge in [0.15, 0.2) is 0 Å². The molecule has 1 unspecified atom stereocenters. The molecule has 0 aromatic heterocycles. The molecule has 5 rings (SSSR count). The highest BCUT2D eigenvalue weighted by Crippen LogP contribution is 2.29. The minimum atomic E-state index is -0.272. The van der Waals surface area contributed by atoms with Crippen molar-refractivity contribution >= 4 is 17.5 Å². The number of carbonyl (C=O) groups excluding carboxylic acids is 2. The Morgan fingerprint density at radius 2 is 1.76 bits per heavy atom. The van der Waals surface area contributed by atoms with E-state index in [1.807, 2.05) is 73.5 Å². The number of carbonyl (C=O) groups is 2. The number of anilines is 1. The number of likely N-dealkylation sites (N-methyl/N-ethyl adjacent to an activating group) is 1. The van der Waals surface area contributed by atoms with Crippen LogP contribution in [0.25, 0.3) is 0 Å². The van der Waals surface area contributed by atoms with E-state index in [0.717, 1.165) is 48.9 Å². The molecule has 2 atom stereocenters. The standard InChI is InChI=1S/C30H38N6O2/c1-21(2)34-15-17-35(18-16-34)30(38)24-11-8-12-25(19-24)31-27-14-13-26-28(32-27)36(22(3)29(37)33(26)4)20-23-9-6-5-7-10-23/h5-14,19,21-22,28,31-32H,15-18,20H2,1-4H3/t22-,28?/m1/s1. The molecule has 38 heavy (non-hydrogen) atoms. The molecule has 2 N–H and O–H groups in total. The van der Waals surface area contributed by atoms with Crippen LogP contribution in [0, 0.1) is 0 Å². The van der Waals surface area contributed by atoms with E-state index < -0.39 is 0 Å². The summed E-state index contributed by atoms with van der Waals surface area (Å²) in [7, 11) is 1.83. The summed E-state index contributed by atoms with van der Waals surface area (Å²) in [6.45, 7) is 10.3. The number of dihydropyridines is 1. The molecular formula is C30H38N6O2. The molecule has 2 amide bonds. The average molecular weight is 515 g/mol. The van der Waals surface area contributed by atoms with Crippen molar-refractivity contribution in [1.82, 2.24) is 24.9 Å². The number of rotatable bonds is 6.